The van der Waals surface area contributed by atoms with E-state index in [1.165, 1.54) is 6.07 Å². The van der Waals surface area contributed by atoms with Crippen molar-refractivity contribution in [2.45, 2.75) is 26.7 Å². The summed E-state index contributed by atoms with van der Waals surface area (Å²) in [5.41, 5.74) is 1.74. The topological polar surface area (TPSA) is 58.7 Å². The number of hydrogen-bond acceptors (Lipinski definition) is 4. The molecule has 0 atom stereocenters. The normalized spacial score (nSPS) is 16.8. The maximum atomic E-state index is 10.8. The Hall–Kier alpha value is -1.82. The largest absolute Gasteiger partial charge is 0.347 e. The molecule has 1 aliphatic rings. The number of nitro benzene ring substituents is 1. The molecule has 6 heteroatoms. The number of rotatable bonds is 6. The van der Waals surface area contributed by atoms with Crippen LogP contribution in [0.4, 0.5) is 11.4 Å². The second-order valence-corrected chi connectivity index (χ2v) is 6.24. The molecule has 0 radical (unpaired) electrons. The molecule has 1 aliphatic heterocycles. The number of aliphatic imine (C=N–C) groups is 1. The number of allylic oxidation sites excluding steroid dienone is 1. The molecule has 1 saturated heterocycles. The van der Waals surface area contributed by atoms with E-state index >= 15 is 0 Å². The smallest absolute Gasteiger partial charge is 0.269 e. The molecule has 2 rings (SSSR count). The first-order valence-electron chi connectivity index (χ1n) is 7.48. The van der Waals surface area contributed by atoms with Crippen molar-refractivity contribution in [3.8, 4) is 0 Å². The summed E-state index contributed by atoms with van der Waals surface area (Å²) in [5, 5.41) is 11.8. The molecule has 0 aromatic heterocycles. The van der Waals surface area contributed by atoms with E-state index in [1.54, 1.807) is 23.9 Å². The number of unbranched alkanes of at least 4 members (excludes halogenated alkanes) is 1. The van der Waals surface area contributed by atoms with Crippen LogP contribution in [0.5, 0.6) is 0 Å². The Labute approximate surface area is 135 Å². The lowest BCUT2D eigenvalue weighted by Gasteiger charge is -2.15. The molecule has 1 fully saturated rings. The molecule has 0 N–H and O–H groups in total. The van der Waals surface area contributed by atoms with Crippen LogP contribution in [0.3, 0.4) is 0 Å². The highest BCUT2D eigenvalue weighted by Gasteiger charge is 2.18. The first-order chi connectivity index (χ1) is 10.6. The molecular weight excluding hydrogens is 298 g/mol. The van der Waals surface area contributed by atoms with Gasteiger partial charge >= 0.3 is 0 Å². The molecule has 0 saturated carbocycles. The number of nitro groups is 1. The molecular formula is C16H21N3O2S. The molecule has 0 unspecified atom stereocenters. The summed E-state index contributed by atoms with van der Waals surface area (Å²) < 4.78 is 0. The van der Waals surface area contributed by atoms with Gasteiger partial charge in [0.15, 0.2) is 5.17 Å². The molecule has 1 aromatic carbocycles. The second kappa shape index (κ2) is 7.98. The van der Waals surface area contributed by atoms with Crippen molar-refractivity contribution in [3.05, 3.63) is 46.0 Å². The van der Waals surface area contributed by atoms with E-state index in [9.17, 15) is 10.1 Å². The minimum atomic E-state index is -0.376. The molecule has 1 aromatic rings. The molecule has 118 valence electrons. The lowest BCUT2D eigenvalue weighted by Crippen LogP contribution is -2.24. The van der Waals surface area contributed by atoms with E-state index in [4.69, 9.17) is 0 Å². The van der Waals surface area contributed by atoms with Crippen molar-refractivity contribution in [1.82, 2.24) is 4.90 Å². The summed E-state index contributed by atoms with van der Waals surface area (Å²) >= 11 is 1.74. The monoisotopic (exact) mass is 319 g/mol. The Kier molecular flexibility index (Phi) is 6.00. The number of aryl methyl sites for hydroxylation is 1. The SMILES string of the molecule is CCC/C=C/CN1CCSC1=Nc1ccc([N+](=O)[O-])cc1C. The maximum absolute atomic E-state index is 10.8. The van der Waals surface area contributed by atoms with Crippen molar-refractivity contribution in [2.24, 2.45) is 4.99 Å². The number of non-ortho nitro benzene ring substituents is 1. The fourth-order valence-electron chi connectivity index (χ4n) is 2.17. The lowest BCUT2D eigenvalue weighted by molar-refractivity contribution is -0.384. The highest BCUT2D eigenvalue weighted by Crippen LogP contribution is 2.27. The highest BCUT2D eigenvalue weighted by atomic mass is 32.2. The van der Waals surface area contributed by atoms with Crippen LogP contribution in [0, 0.1) is 17.0 Å². The minimum absolute atomic E-state index is 0.111. The third-order valence-electron chi connectivity index (χ3n) is 3.42. The van der Waals surface area contributed by atoms with Crippen LogP contribution in [0.1, 0.15) is 25.3 Å². The predicted molar refractivity (Wildman–Crippen MR) is 93.0 cm³/mol. The molecule has 0 bridgehead atoms. The number of hydrogen-bond donors (Lipinski definition) is 0. The Balaban J connectivity index is 2.12. The summed E-state index contributed by atoms with van der Waals surface area (Å²) in [6.07, 6.45) is 6.66. The van der Waals surface area contributed by atoms with Crippen LogP contribution in [0.15, 0.2) is 35.3 Å². The summed E-state index contributed by atoms with van der Waals surface area (Å²) in [4.78, 5) is 17.3. The molecule has 5 nitrogen and oxygen atoms in total. The standard InChI is InChI=1S/C16H21N3O2S/c1-3-4-5-6-9-18-10-11-22-16(18)17-15-8-7-14(19(20)21)12-13(15)2/h5-8,12H,3-4,9-11H2,1-2H3/b6-5+,17-16?. The van der Waals surface area contributed by atoms with E-state index < -0.39 is 0 Å². The molecule has 22 heavy (non-hydrogen) atoms. The van der Waals surface area contributed by atoms with Gasteiger partial charge in [-0.05, 0) is 25.0 Å². The highest BCUT2D eigenvalue weighted by molar-refractivity contribution is 8.14. The number of benzene rings is 1. The maximum Gasteiger partial charge on any atom is 0.269 e. The zero-order chi connectivity index (χ0) is 15.9. The number of amidine groups is 1. The average Bonchev–Trinajstić information content (AvgIpc) is 2.93. The second-order valence-electron chi connectivity index (χ2n) is 5.18. The summed E-state index contributed by atoms with van der Waals surface area (Å²) in [5.74, 6) is 1.03. The van der Waals surface area contributed by atoms with E-state index in [0.29, 0.717) is 0 Å². The average molecular weight is 319 g/mol. The van der Waals surface area contributed by atoms with Gasteiger partial charge in [-0.15, -0.1) is 0 Å². The Morgan fingerprint density at radius 2 is 2.27 bits per heavy atom. The van der Waals surface area contributed by atoms with Crippen LogP contribution in [0.2, 0.25) is 0 Å². The van der Waals surface area contributed by atoms with Gasteiger partial charge in [0.1, 0.15) is 0 Å². The van der Waals surface area contributed by atoms with Gasteiger partial charge in [-0.2, -0.15) is 0 Å². The fraction of sp³-hybridized carbons (Fsp3) is 0.438. The molecule has 0 amide bonds. The van der Waals surface area contributed by atoms with Gasteiger partial charge < -0.3 is 4.90 Å². The molecule has 1 heterocycles. The zero-order valence-corrected chi connectivity index (χ0v) is 13.8. The van der Waals surface area contributed by atoms with Gasteiger partial charge in [0.2, 0.25) is 0 Å². The Bertz CT molecular complexity index is 599. The van der Waals surface area contributed by atoms with Crippen LogP contribution in [-0.4, -0.2) is 33.8 Å². The van der Waals surface area contributed by atoms with Gasteiger partial charge in [-0.25, -0.2) is 4.99 Å². The first-order valence-corrected chi connectivity index (χ1v) is 8.47. The number of thioether (sulfide) groups is 1. The van der Waals surface area contributed by atoms with Gasteiger partial charge in [-0.1, -0.05) is 37.3 Å². The Morgan fingerprint density at radius 3 is 2.95 bits per heavy atom. The van der Waals surface area contributed by atoms with Gasteiger partial charge in [0.05, 0.1) is 10.6 Å². The van der Waals surface area contributed by atoms with Gasteiger partial charge in [0.25, 0.3) is 5.69 Å². The van der Waals surface area contributed by atoms with Crippen molar-refractivity contribution in [1.29, 1.82) is 0 Å². The summed E-state index contributed by atoms with van der Waals surface area (Å²) in [6.45, 7) is 5.89. The molecule has 0 spiro atoms. The molecule has 0 aliphatic carbocycles. The van der Waals surface area contributed by atoms with E-state index in [0.717, 1.165) is 48.1 Å². The quantitative estimate of drug-likeness (QED) is 0.446. The van der Waals surface area contributed by atoms with Crippen molar-refractivity contribution >= 4 is 28.3 Å². The van der Waals surface area contributed by atoms with Crippen LogP contribution in [-0.2, 0) is 0 Å². The fourth-order valence-corrected chi connectivity index (χ4v) is 3.18. The third-order valence-corrected chi connectivity index (χ3v) is 4.41. The number of nitrogens with zero attached hydrogens (tertiary/aromatic N) is 3. The van der Waals surface area contributed by atoms with Gasteiger partial charge in [0, 0.05) is 31.0 Å². The van der Waals surface area contributed by atoms with Crippen molar-refractivity contribution in [3.63, 3.8) is 0 Å². The minimum Gasteiger partial charge on any atom is -0.347 e. The zero-order valence-electron chi connectivity index (χ0n) is 13.0. The van der Waals surface area contributed by atoms with Crippen molar-refractivity contribution < 1.29 is 4.92 Å². The first kappa shape index (κ1) is 16.5. The lowest BCUT2D eigenvalue weighted by atomic mass is 10.2. The predicted octanol–water partition coefficient (Wildman–Crippen LogP) is 4.30. The van der Waals surface area contributed by atoms with Crippen LogP contribution >= 0.6 is 11.8 Å². The van der Waals surface area contributed by atoms with E-state index in [2.05, 4.69) is 29.0 Å². The summed E-state index contributed by atoms with van der Waals surface area (Å²) in [7, 11) is 0. The van der Waals surface area contributed by atoms with E-state index in [1.807, 2.05) is 6.92 Å². The van der Waals surface area contributed by atoms with Crippen LogP contribution in [0.25, 0.3) is 0 Å². The van der Waals surface area contributed by atoms with Gasteiger partial charge in [-0.3, -0.25) is 10.1 Å². The van der Waals surface area contributed by atoms with Crippen LogP contribution < -0.4 is 0 Å². The third kappa shape index (κ3) is 4.34. The Morgan fingerprint density at radius 1 is 1.45 bits per heavy atom. The summed E-state index contributed by atoms with van der Waals surface area (Å²) in [6, 6.07) is 4.81. The van der Waals surface area contributed by atoms with E-state index in [-0.39, 0.29) is 10.6 Å². The van der Waals surface area contributed by atoms with Crippen molar-refractivity contribution in [2.75, 3.05) is 18.8 Å².